The summed E-state index contributed by atoms with van der Waals surface area (Å²) in [6, 6.07) is 0.704. The highest BCUT2D eigenvalue weighted by Gasteiger charge is 2.15. The summed E-state index contributed by atoms with van der Waals surface area (Å²) in [4.78, 5) is 2.52. The maximum atomic E-state index is 5.51. The summed E-state index contributed by atoms with van der Waals surface area (Å²) >= 11 is 0. The number of hydrogen-bond donors (Lipinski definition) is 1. The van der Waals surface area contributed by atoms with E-state index in [-0.39, 0.29) is 0 Å². The summed E-state index contributed by atoms with van der Waals surface area (Å²) in [7, 11) is 0. The number of nitrogens with one attached hydrogen (secondary N) is 1. The molecule has 1 aliphatic rings. The van der Waals surface area contributed by atoms with E-state index in [2.05, 4.69) is 24.1 Å². The average molecular weight is 200 g/mol. The first-order valence-corrected chi connectivity index (χ1v) is 5.87. The van der Waals surface area contributed by atoms with Gasteiger partial charge in [-0.05, 0) is 26.3 Å². The fourth-order valence-electron chi connectivity index (χ4n) is 1.82. The number of hydrogen-bond acceptors (Lipinski definition) is 3. The molecule has 14 heavy (non-hydrogen) atoms. The van der Waals surface area contributed by atoms with Gasteiger partial charge in [0.05, 0.1) is 6.61 Å². The lowest BCUT2D eigenvalue weighted by atomic mass is 10.2. The molecule has 0 bridgehead atoms. The van der Waals surface area contributed by atoms with Crippen molar-refractivity contribution in [1.29, 1.82) is 0 Å². The quantitative estimate of drug-likeness (QED) is 0.673. The van der Waals surface area contributed by atoms with Crippen molar-refractivity contribution in [1.82, 2.24) is 10.2 Å². The molecule has 1 N–H and O–H groups in total. The van der Waals surface area contributed by atoms with Crippen molar-refractivity contribution in [3.8, 4) is 0 Å². The van der Waals surface area contributed by atoms with Gasteiger partial charge in [-0.1, -0.05) is 6.92 Å². The lowest BCUT2D eigenvalue weighted by molar-refractivity contribution is 0.0927. The van der Waals surface area contributed by atoms with Crippen LogP contribution in [-0.2, 0) is 4.74 Å². The fraction of sp³-hybridized carbons (Fsp3) is 1.00. The molecule has 0 aromatic heterocycles. The molecule has 3 nitrogen and oxygen atoms in total. The molecule has 1 saturated heterocycles. The smallest absolute Gasteiger partial charge is 0.0593 e. The summed E-state index contributed by atoms with van der Waals surface area (Å²) in [6.45, 7) is 10.8. The van der Waals surface area contributed by atoms with Crippen molar-refractivity contribution in [2.75, 3.05) is 39.4 Å². The molecular formula is C11H24N2O. The van der Waals surface area contributed by atoms with Gasteiger partial charge in [0.2, 0.25) is 0 Å². The monoisotopic (exact) mass is 200 g/mol. The summed E-state index contributed by atoms with van der Waals surface area (Å²) in [5.41, 5.74) is 0. The first-order valence-electron chi connectivity index (χ1n) is 5.87. The van der Waals surface area contributed by atoms with Crippen LogP contribution in [0.2, 0.25) is 0 Å². The van der Waals surface area contributed by atoms with Crippen molar-refractivity contribution >= 4 is 0 Å². The highest BCUT2D eigenvalue weighted by Crippen LogP contribution is 2.05. The topological polar surface area (TPSA) is 24.5 Å². The number of rotatable bonds is 5. The summed E-state index contributed by atoms with van der Waals surface area (Å²) in [5.74, 6) is 0. The second-order valence-electron chi connectivity index (χ2n) is 4.04. The van der Waals surface area contributed by atoms with E-state index >= 15 is 0 Å². The largest absolute Gasteiger partial charge is 0.380 e. The third-order valence-electron chi connectivity index (χ3n) is 2.81. The minimum Gasteiger partial charge on any atom is -0.380 e. The van der Waals surface area contributed by atoms with Gasteiger partial charge in [-0.3, -0.25) is 4.90 Å². The minimum atomic E-state index is 0.704. The molecule has 0 saturated carbocycles. The van der Waals surface area contributed by atoms with Crippen molar-refractivity contribution in [3.63, 3.8) is 0 Å². The second-order valence-corrected chi connectivity index (χ2v) is 4.04. The van der Waals surface area contributed by atoms with Crippen LogP contribution < -0.4 is 5.32 Å². The van der Waals surface area contributed by atoms with Crippen LogP contribution in [-0.4, -0.2) is 50.3 Å². The third kappa shape index (κ3) is 4.40. The van der Waals surface area contributed by atoms with E-state index in [9.17, 15) is 0 Å². The van der Waals surface area contributed by atoms with Gasteiger partial charge in [0.15, 0.2) is 0 Å². The predicted molar refractivity (Wildman–Crippen MR) is 59.6 cm³/mol. The van der Waals surface area contributed by atoms with Crippen LogP contribution in [0, 0.1) is 0 Å². The molecule has 0 aromatic rings. The summed E-state index contributed by atoms with van der Waals surface area (Å²) in [6.07, 6.45) is 2.38. The summed E-state index contributed by atoms with van der Waals surface area (Å²) < 4.78 is 5.51. The zero-order valence-electron chi connectivity index (χ0n) is 9.59. The van der Waals surface area contributed by atoms with Crippen LogP contribution in [0.4, 0.5) is 0 Å². The first kappa shape index (κ1) is 12.0. The van der Waals surface area contributed by atoms with E-state index in [0.717, 1.165) is 45.8 Å². The van der Waals surface area contributed by atoms with Gasteiger partial charge in [-0.25, -0.2) is 0 Å². The molecule has 3 heteroatoms. The van der Waals surface area contributed by atoms with Crippen LogP contribution in [0.3, 0.4) is 0 Å². The van der Waals surface area contributed by atoms with Gasteiger partial charge < -0.3 is 10.1 Å². The van der Waals surface area contributed by atoms with E-state index in [1.807, 2.05) is 0 Å². The minimum absolute atomic E-state index is 0.704. The molecule has 1 heterocycles. The van der Waals surface area contributed by atoms with Gasteiger partial charge in [0.1, 0.15) is 0 Å². The molecule has 1 unspecified atom stereocenters. The van der Waals surface area contributed by atoms with Gasteiger partial charge in [0, 0.05) is 32.3 Å². The summed E-state index contributed by atoms with van der Waals surface area (Å²) in [5, 5.41) is 3.43. The first-order chi connectivity index (χ1) is 6.84. The van der Waals surface area contributed by atoms with E-state index in [1.165, 1.54) is 6.42 Å². The Hall–Kier alpha value is -0.120. The normalized spacial score (nSPS) is 24.9. The van der Waals surface area contributed by atoms with Crippen LogP contribution in [0.1, 0.15) is 26.7 Å². The Morgan fingerprint density at radius 3 is 3.00 bits per heavy atom. The van der Waals surface area contributed by atoms with Crippen LogP contribution in [0.25, 0.3) is 0 Å². The molecule has 0 aromatic carbocycles. The SMILES string of the molecule is CCCOCCN1CCNCCC1C. The zero-order chi connectivity index (χ0) is 10.2. The Balaban J connectivity index is 2.13. The fourth-order valence-corrected chi connectivity index (χ4v) is 1.82. The van der Waals surface area contributed by atoms with Gasteiger partial charge in [-0.2, -0.15) is 0 Å². The molecular weight excluding hydrogens is 176 g/mol. The molecule has 0 spiro atoms. The van der Waals surface area contributed by atoms with E-state index in [4.69, 9.17) is 4.74 Å². The number of ether oxygens (including phenoxy) is 1. The molecule has 1 atom stereocenters. The number of nitrogens with zero attached hydrogens (tertiary/aromatic N) is 1. The van der Waals surface area contributed by atoms with Gasteiger partial charge in [0.25, 0.3) is 0 Å². The predicted octanol–water partition coefficient (Wildman–Crippen LogP) is 1.10. The molecule has 0 radical (unpaired) electrons. The Labute approximate surface area is 87.8 Å². The maximum absolute atomic E-state index is 5.51. The van der Waals surface area contributed by atoms with Crippen molar-refractivity contribution < 1.29 is 4.74 Å². The Morgan fingerprint density at radius 2 is 2.21 bits per heavy atom. The van der Waals surface area contributed by atoms with Gasteiger partial charge >= 0.3 is 0 Å². The third-order valence-corrected chi connectivity index (χ3v) is 2.81. The Bertz CT molecular complexity index is 141. The molecule has 1 aliphatic heterocycles. The lowest BCUT2D eigenvalue weighted by Crippen LogP contribution is -2.36. The van der Waals surface area contributed by atoms with Crippen molar-refractivity contribution in [2.24, 2.45) is 0 Å². The zero-order valence-corrected chi connectivity index (χ0v) is 9.59. The lowest BCUT2D eigenvalue weighted by Gasteiger charge is -2.26. The van der Waals surface area contributed by atoms with E-state index < -0.39 is 0 Å². The average Bonchev–Trinajstić information content (AvgIpc) is 2.39. The highest BCUT2D eigenvalue weighted by molar-refractivity contribution is 4.73. The molecule has 0 aliphatic carbocycles. The molecule has 0 amide bonds. The molecule has 1 fully saturated rings. The Kier molecular flexibility index (Phi) is 6.15. The van der Waals surface area contributed by atoms with Crippen LogP contribution in [0.5, 0.6) is 0 Å². The van der Waals surface area contributed by atoms with Crippen LogP contribution in [0.15, 0.2) is 0 Å². The highest BCUT2D eigenvalue weighted by atomic mass is 16.5. The van der Waals surface area contributed by atoms with E-state index in [1.54, 1.807) is 0 Å². The second kappa shape index (κ2) is 7.21. The molecule has 1 rings (SSSR count). The molecule has 84 valence electrons. The maximum Gasteiger partial charge on any atom is 0.0593 e. The standard InChI is InChI=1S/C11H24N2O/c1-3-9-14-10-8-13-7-6-12-5-4-11(13)2/h11-12H,3-10H2,1-2H3. The van der Waals surface area contributed by atoms with Crippen molar-refractivity contribution in [3.05, 3.63) is 0 Å². The van der Waals surface area contributed by atoms with Crippen LogP contribution >= 0.6 is 0 Å². The van der Waals surface area contributed by atoms with E-state index in [0.29, 0.717) is 6.04 Å². The van der Waals surface area contributed by atoms with Crippen molar-refractivity contribution in [2.45, 2.75) is 32.7 Å². The Morgan fingerprint density at radius 1 is 1.36 bits per heavy atom. The van der Waals surface area contributed by atoms with Gasteiger partial charge in [-0.15, -0.1) is 0 Å².